The number of benzene rings is 1. The molecule has 1 saturated heterocycles. The summed E-state index contributed by atoms with van der Waals surface area (Å²) in [6.45, 7) is 1.30. The van der Waals surface area contributed by atoms with Crippen molar-refractivity contribution in [1.29, 1.82) is 0 Å². The lowest BCUT2D eigenvalue weighted by atomic mass is 9.95. The first-order valence-corrected chi connectivity index (χ1v) is 10.0. The van der Waals surface area contributed by atoms with E-state index in [-0.39, 0.29) is 5.91 Å². The van der Waals surface area contributed by atoms with Gasteiger partial charge in [-0.3, -0.25) is 9.48 Å². The largest absolute Gasteiger partial charge is 0.377 e. The van der Waals surface area contributed by atoms with Crippen LogP contribution < -0.4 is 0 Å². The van der Waals surface area contributed by atoms with Crippen molar-refractivity contribution in [3.8, 4) is 11.5 Å². The summed E-state index contributed by atoms with van der Waals surface area (Å²) in [6.07, 6.45) is 4.12. The van der Waals surface area contributed by atoms with E-state index >= 15 is 0 Å². The number of carbonyl (C=O) groups is 1. The number of hydrogen-bond donors (Lipinski definition) is 0. The predicted octanol–water partition coefficient (Wildman–Crippen LogP) is 2.56. The Balaban J connectivity index is 1.45. The lowest BCUT2D eigenvalue weighted by Gasteiger charge is -2.33. The Bertz CT molecular complexity index is 1030. The quantitative estimate of drug-likeness (QED) is 0.680. The van der Waals surface area contributed by atoms with Gasteiger partial charge in [-0.25, -0.2) is 0 Å². The minimum absolute atomic E-state index is 0.0805. The highest BCUT2D eigenvalue weighted by Crippen LogP contribution is 2.29. The number of ether oxygens (including phenoxy) is 1. The molecule has 0 radical (unpaired) electrons. The number of hydrogen-bond acceptors (Lipinski definition) is 6. The van der Waals surface area contributed by atoms with E-state index in [9.17, 15) is 4.79 Å². The van der Waals surface area contributed by atoms with Gasteiger partial charge in [-0.2, -0.15) is 10.1 Å². The summed E-state index contributed by atoms with van der Waals surface area (Å²) in [7, 11) is 1.92. The molecule has 150 valence electrons. The molecule has 3 aromatic rings. The number of rotatable bonds is 3. The maximum absolute atomic E-state index is 13.5. The summed E-state index contributed by atoms with van der Waals surface area (Å²) in [5, 5.41) is 8.72. The molecule has 1 aliphatic heterocycles. The molecule has 5 rings (SSSR count). The number of carbonyl (C=O) groups excluding carboxylic acids is 1. The third-order valence-corrected chi connectivity index (χ3v) is 5.72. The zero-order chi connectivity index (χ0) is 19.8. The second kappa shape index (κ2) is 7.44. The maximum atomic E-state index is 13.5. The van der Waals surface area contributed by atoms with Crippen LogP contribution in [0.5, 0.6) is 0 Å². The van der Waals surface area contributed by atoms with Gasteiger partial charge in [0.15, 0.2) is 11.5 Å². The molecule has 1 aromatic carbocycles. The lowest BCUT2D eigenvalue weighted by molar-refractivity contribution is -0.00616. The van der Waals surface area contributed by atoms with Crippen LogP contribution >= 0.6 is 0 Å². The predicted molar refractivity (Wildman–Crippen MR) is 104 cm³/mol. The fourth-order valence-electron chi connectivity index (χ4n) is 4.21. The van der Waals surface area contributed by atoms with Crippen LogP contribution in [0.15, 0.2) is 34.9 Å². The Morgan fingerprint density at radius 1 is 1.17 bits per heavy atom. The lowest BCUT2D eigenvalue weighted by Crippen LogP contribution is -2.44. The van der Waals surface area contributed by atoms with Gasteiger partial charge in [0.1, 0.15) is 6.04 Å². The monoisotopic (exact) mass is 393 g/mol. The molecule has 1 atom stereocenters. The van der Waals surface area contributed by atoms with Gasteiger partial charge in [0.2, 0.25) is 0 Å². The van der Waals surface area contributed by atoms with Gasteiger partial charge < -0.3 is 14.2 Å². The molecular formula is C21H23N5O3. The van der Waals surface area contributed by atoms with Crippen molar-refractivity contribution in [2.75, 3.05) is 19.8 Å². The van der Waals surface area contributed by atoms with Crippen LogP contribution in [0.3, 0.4) is 0 Å². The second-order valence-electron chi connectivity index (χ2n) is 7.52. The van der Waals surface area contributed by atoms with E-state index < -0.39 is 6.04 Å². The second-order valence-corrected chi connectivity index (χ2v) is 7.52. The normalized spacial score (nSPS) is 19.2. The molecule has 29 heavy (non-hydrogen) atoms. The van der Waals surface area contributed by atoms with Crippen LogP contribution in [-0.2, 0) is 24.6 Å². The Morgan fingerprint density at radius 2 is 2.00 bits per heavy atom. The standard InChI is InChI=1S/C21H23N5O3/c1-25-16-10-6-5-9-15(16)18(23-25)21(27)26-11-12-28-13-17(26)19-22-20(29-24-19)14-7-3-2-4-8-14/h2-4,7-8,17H,5-6,9-13H2,1H3/t17-/m0/s1. The van der Waals surface area contributed by atoms with Crippen molar-refractivity contribution in [3.63, 3.8) is 0 Å². The van der Waals surface area contributed by atoms with Crippen LogP contribution in [0, 0.1) is 0 Å². The summed E-state index contributed by atoms with van der Waals surface area (Å²) in [5.41, 5.74) is 3.67. The summed E-state index contributed by atoms with van der Waals surface area (Å²) in [6, 6.07) is 9.21. The molecule has 2 aliphatic rings. The summed E-state index contributed by atoms with van der Waals surface area (Å²) in [5.74, 6) is 0.818. The van der Waals surface area contributed by atoms with Gasteiger partial charge in [-0.05, 0) is 37.8 Å². The van der Waals surface area contributed by atoms with E-state index in [1.807, 2.05) is 42.1 Å². The summed E-state index contributed by atoms with van der Waals surface area (Å²) in [4.78, 5) is 19.8. The van der Waals surface area contributed by atoms with E-state index in [0.717, 1.165) is 36.8 Å². The first-order chi connectivity index (χ1) is 14.2. The molecule has 3 heterocycles. The SMILES string of the molecule is Cn1nc(C(=O)N2CCOC[C@H]2c2noc(-c3ccccc3)n2)c2c1CCCC2. The fraction of sp³-hybridized carbons (Fsp3) is 0.429. The molecule has 0 saturated carbocycles. The number of amides is 1. The van der Waals surface area contributed by atoms with Crippen molar-refractivity contribution in [2.24, 2.45) is 7.05 Å². The summed E-state index contributed by atoms with van der Waals surface area (Å²) >= 11 is 0. The van der Waals surface area contributed by atoms with Crippen molar-refractivity contribution in [1.82, 2.24) is 24.8 Å². The topological polar surface area (TPSA) is 86.3 Å². The molecule has 8 heteroatoms. The first-order valence-electron chi connectivity index (χ1n) is 10.0. The van der Waals surface area contributed by atoms with Gasteiger partial charge in [-0.15, -0.1) is 0 Å². The van der Waals surface area contributed by atoms with Gasteiger partial charge in [0.05, 0.1) is 13.2 Å². The van der Waals surface area contributed by atoms with Gasteiger partial charge in [0.25, 0.3) is 11.8 Å². The first kappa shape index (κ1) is 18.1. The Hall–Kier alpha value is -3.00. The number of aryl methyl sites for hydroxylation is 1. The van der Waals surface area contributed by atoms with E-state index in [1.165, 1.54) is 5.69 Å². The molecular weight excluding hydrogens is 370 g/mol. The van der Waals surface area contributed by atoms with Gasteiger partial charge in [0, 0.05) is 30.4 Å². The fourth-order valence-corrected chi connectivity index (χ4v) is 4.21. The number of morpholine rings is 1. The highest BCUT2D eigenvalue weighted by molar-refractivity contribution is 5.94. The molecule has 1 fully saturated rings. The molecule has 1 amide bonds. The number of aromatic nitrogens is 4. The maximum Gasteiger partial charge on any atom is 0.275 e. The van der Waals surface area contributed by atoms with Crippen molar-refractivity contribution in [2.45, 2.75) is 31.7 Å². The van der Waals surface area contributed by atoms with Gasteiger partial charge in [-0.1, -0.05) is 23.4 Å². The number of nitrogens with zero attached hydrogens (tertiary/aromatic N) is 5. The zero-order valence-electron chi connectivity index (χ0n) is 16.4. The van der Waals surface area contributed by atoms with E-state index in [2.05, 4.69) is 15.2 Å². The zero-order valence-corrected chi connectivity index (χ0v) is 16.4. The third-order valence-electron chi connectivity index (χ3n) is 5.72. The van der Waals surface area contributed by atoms with Gasteiger partial charge >= 0.3 is 0 Å². The van der Waals surface area contributed by atoms with Crippen LogP contribution in [-0.4, -0.2) is 50.5 Å². The van der Waals surface area contributed by atoms with Crippen molar-refractivity contribution >= 4 is 5.91 Å². The van der Waals surface area contributed by atoms with Crippen LogP contribution in [0.25, 0.3) is 11.5 Å². The Morgan fingerprint density at radius 3 is 2.86 bits per heavy atom. The number of fused-ring (bicyclic) bond motifs is 1. The minimum Gasteiger partial charge on any atom is -0.377 e. The highest BCUT2D eigenvalue weighted by Gasteiger charge is 2.36. The highest BCUT2D eigenvalue weighted by atomic mass is 16.5. The Kier molecular flexibility index (Phi) is 4.63. The molecule has 0 bridgehead atoms. The smallest absolute Gasteiger partial charge is 0.275 e. The molecule has 1 aliphatic carbocycles. The summed E-state index contributed by atoms with van der Waals surface area (Å²) < 4.78 is 13.0. The van der Waals surface area contributed by atoms with E-state index in [4.69, 9.17) is 9.26 Å². The Labute approximate surface area is 168 Å². The molecule has 2 aromatic heterocycles. The van der Waals surface area contributed by atoms with E-state index in [0.29, 0.717) is 37.2 Å². The third kappa shape index (κ3) is 3.23. The van der Waals surface area contributed by atoms with Crippen molar-refractivity contribution in [3.05, 3.63) is 53.1 Å². The molecule has 0 spiro atoms. The molecule has 0 unspecified atom stereocenters. The van der Waals surface area contributed by atoms with Crippen molar-refractivity contribution < 1.29 is 14.1 Å². The average Bonchev–Trinajstić information content (AvgIpc) is 3.40. The van der Waals surface area contributed by atoms with Crippen LogP contribution in [0.2, 0.25) is 0 Å². The molecule has 8 nitrogen and oxygen atoms in total. The van der Waals surface area contributed by atoms with Crippen LogP contribution in [0.1, 0.15) is 46.5 Å². The van der Waals surface area contributed by atoms with Crippen LogP contribution in [0.4, 0.5) is 0 Å². The molecule has 0 N–H and O–H groups in total. The minimum atomic E-state index is -0.390. The van der Waals surface area contributed by atoms with E-state index in [1.54, 1.807) is 4.90 Å². The average molecular weight is 393 g/mol.